The van der Waals surface area contributed by atoms with Crippen LogP contribution in [0.3, 0.4) is 0 Å². The van der Waals surface area contributed by atoms with E-state index >= 15 is 0 Å². The van der Waals surface area contributed by atoms with E-state index < -0.39 is 5.97 Å². The summed E-state index contributed by atoms with van der Waals surface area (Å²) in [5.41, 5.74) is 0.583. The summed E-state index contributed by atoms with van der Waals surface area (Å²) < 4.78 is 0.453. The number of benzene rings is 1. The number of carbonyl (C=O) groups is 2. The van der Waals surface area contributed by atoms with Crippen molar-refractivity contribution in [2.24, 2.45) is 0 Å². The number of nitrogens with zero attached hydrogens (tertiary/aromatic N) is 1. The van der Waals surface area contributed by atoms with Crippen LogP contribution in [0.5, 0.6) is 11.5 Å². The lowest BCUT2D eigenvalue weighted by atomic mass is 10.1. The number of hydrogen-bond donors (Lipinski definition) is 2. The fourth-order valence-corrected chi connectivity index (χ4v) is 3.50. The van der Waals surface area contributed by atoms with E-state index in [1.54, 1.807) is 12.1 Å². The molecule has 0 unspecified atom stereocenters. The van der Waals surface area contributed by atoms with Gasteiger partial charge in [-0.2, -0.15) is 0 Å². The molecule has 0 spiro atoms. The maximum Gasteiger partial charge on any atom is 0.266 e. The number of carbonyl (C=O) groups excluding carboxylic acids is 2. The number of carboxylic acid groups (broad SMARTS) is 1. The Bertz CT molecular complexity index is 702. The zero-order valence-electron chi connectivity index (χ0n) is 12.7. The highest BCUT2D eigenvalue weighted by atomic mass is 32.2. The molecule has 128 valence electrons. The molecule has 2 N–H and O–H groups in total. The predicted molar refractivity (Wildman–Crippen MR) is 93.1 cm³/mol. The zero-order chi connectivity index (χ0) is 17.7. The Morgan fingerprint density at radius 3 is 2.67 bits per heavy atom. The van der Waals surface area contributed by atoms with Crippen molar-refractivity contribution in [1.29, 1.82) is 0 Å². The van der Waals surface area contributed by atoms with Crippen LogP contribution in [0.25, 0.3) is 6.08 Å². The lowest BCUT2D eigenvalue weighted by Crippen LogP contribution is -2.29. The van der Waals surface area contributed by atoms with Crippen molar-refractivity contribution in [3.05, 3.63) is 28.7 Å². The number of thioether (sulfide) groups is 1. The standard InChI is InChI=1S/C16H17NO5S2/c18-11-6-5-10(8-12(11)19)9-13-15(22)17(16(23)24-13)7-3-1-2-4-14(20)21/h5-6,8-9,18-19H,1-4,7H2,(H,20,21)/p-1/b13-9-. The number of phenolic OH excluding ortho intramolecular Hbond substituents is 2. The predicted octanol–water partition coefficient (Wildman–Crippen LogP) is 1.61. The Labute approximate surface area is 148 Å². The number of rotatable bonds is 7. The molecule has 8 heteroatoms. The highest BCUT2D eigenvalue weighted by Gasteiger charge is 2.31. The lowest BCUT2D eigenvalue weighted by Gasteiger charge is -2.14. The van der Waals surface area contributed by atoms with E-state index in [1.807, 2.05) is 0 Å². The largest absolute Gasteiger partial charge is 0.550 e. The molecule has 24 heavy (non-hydrogen) atoms. The molecule has 0 atom stereocenters. The average molecular weight is 366 g/mol. The molecule has 1 aliphatic rings. The monoisotopic (exact) mass is 366 g/mol. The van der Waals surface area contributed by atoms with Crippen molar-refractivity contribution in [3.63, 3.8) is 0 Å². The molecule has 6 nitrogen and oxygen atoms in total. The second-order valence-electron chi connectivity index (χ2n) is 5.26. The summed E-state index contributed by atoms with van der Waals surface area (Å²) in [5.74, 6) is -1.76. The van der Waals surface area contributed by atoms with Crippen LogP contribution in [0.4, 0.5) is 0 Å². The second kappa shape index (κ2) is 8.16. The van der Waals surface area contributed by atoms with E-state index in [2.05, 4.69) is 0 Å². The molecule has 0 aromatic heterocycles. The fourth-order valence-electron chi connectivity index (χ4n) is 2.19. The number of aromatic hydroxyl groups is 2. The summed E-state index contributed by atoms with van der Waals surface area (Å²) in [6.45, 7) is 0.440. The van der Waals surface area contributed by atoms with Gasteiger partial charge in [0, 0.05) is 12.5 Å². The number of aliphatic carboxylic acids is 1. The van der Waals surface area contributed by atoms with E-state index in [-0.39, 0.29) is 23.8 Å². The van der Waals surface area contributed by atoms with E-state index in [1.165, 1.54) is 28.8 Å². The molecule has 0 radical (unpaired) electrons. The first-order valence-electron chi connectivity index (χ1n) is 7.35. The van der Waals surface area contributed by atoms with Crippen molar-refractivity contribution in [2.75, 3.05) is 6.54 Å². The van der Waals surface area contributed by atoms with E-state index in [0.717, 1.165) is 0 Å². The van der Waals surface area contributed by atoms with E-state index in [9.17, 15) is 24.9 Å². The molecule has 1 aromatic carbocycles. The Balaban J connectivity index is 1.96. The molecule has 0 saturated carbocycles. The fraction of sp³-hybridized carbons (Fsp3) is 0.312. The number of hydrogen-bond acceptors (Lipinski definition) is 7. The molecule has 0 bridgehead atoms. The zero-order valence-corrected chi connectivity index (χ0v) is 14.4. The van der Waals surface area contributed by atoms with Gasteiger partial charge < -0.3 is 20.1 Å². The van der Waals surface area contributed by atoms with Crippen molar-refractivity contribution in [3.8, 4) is 11.5 Å². The molecular formula is C16H16NO5S2-. The minimum Gasteiger partial charge on any atom is -0.550 e. The first kappa shape index (κ1) is 18.3. The van der Waals surface area contributed by atoms with Crippen LogP contribution in [0, 0.1) is 0 Å². The third-order valence-electron chi connectivity index (χ3n) is 3.43. The van der Waals surface area contributed by atoms with Gasteiger partial charge in [-0.05, 0) is 43.0 Å². The maximum absolute atomic E-state index is 12.4. The van der Waals surface area contributed by atoms with Gasteiger partial charge in [0.25, 0.3) is 5.91 Å². The minimum atomic E-state index is -1.07. The Kier molecular flexibility index (Phi) is 6.22. The van der Waals surface area contributed by atoms with Gasteiger partial charge in [0.2, 0.25) is 0 Å². The summed E-state index contributed by atoms with van der Waals surface area (Å²) in [7, 11) is 0. The number of thiocarbonyl (C=S) groups is 1. The smallest absolute Gasteiger partial charge is 0.266 e. The molecule has 1 amide bonds. The van der Waals surface area contributed by atoms with Crippen LogP contribution in [0.15, 0.2) is 23.1 Å². The molecule has 1 aromatic rings. The van der Waals surface area contributed by atoms with Crippen molar-refractivity contribution < 1.29 is 24.9 Å². The van der Waals surface area contributed by atoms with Gasteiger partial charge in [0.1, 0.15) is 4.32 Å². The Morgan fingerprint density at radius 2 is 2.00 bits per heavy atom. The van der Waals surface area contributed by atoms with Gasteiger partial charge in [-0.25, -0.2) is 0 Å². The molecule has 1 aliphatic heterocycles. The summed E-state index contributed by atoms with van der Waals surface area (Å²) in [6.07, 6.45) is 3.47. The second-order valence-corrected chi connectivity index (χ2v) is 6.94. The highest BCUT2D eigenvalue weighted by Crippen LogP contribution is 2.34. The van der Waals surface area contributed by atoms with E-state index in [4.69, 9.17) is 12.2 Å². The molecule has 1 heterocycles. The molecule has 1 fully saturated rings. The first-order chi connectivity index (χ1) is 11.4. The van der Waals surface area contributed by atoms with Crippen molar-refractivity contribution >= 4 is 46.3 Å². The van der Waals surface area contributed by atoms with Gasteiger partial charge in [-0.3, -0.25) is 9.69 Å². The SMILES string of the molecule is O=C([O-])CCCCCN1C(=O)/C(=C/c2ccc(O)c(O)c2)SC1=S. The normalized spacial score (nSPS) is 16.2. The van der Waals surface area contributed by atoms with Crippen LogP contribution in [-0.2, 0) is 9.59 Å². The minimum absolute atomic E-state index is 0.0165. The summed E-state index contributed by atoms with van der Waals surface area (Å²) >= 11 is 6.39. The van der Waals surface area contributed by atoms with E-state index in [0.29, 0.717) is 40.6 Å². The third-order valence-corrected chi connectivity index (χ3v) is 4.81. The van der Waals surface area contributed by atoms with Gasteiger partial charge in [0.15, 0.2) is 11.5 Å². The Morgan fingerprint density at radius 1 is 1.25 bits per heavy atom. The third kappa shape index (κ3) is 4.72. The summed E-state index contributed by atoms with van der Waals surface area (Å²) in [6, 6.07) is 4.29. The van der Waals surface area contributed by atoms with Crippen molar-refractivity contribution in [1.82, 2.24) is 4.90 Å². The van der Waals surface area contributed by atoms with Crippen LogP contribution >= 0.6 is 24.0 Å². The molecule has 2 rings (SSSR count). The molecule has 1 saturated heterocycles. The summed E-state index contributed by atoms with van der Waals surface area (Å²) in [5, 5.41) is 29.1. The van der Waals surface area contributed by atoms with Crippen LogP contribution in [0.2, 0.25) is 0 Å². The van der Waals surface area contributed by atoms with Crippen LogP contribution in [0.1, 0.15) is 31.2 Å². The average Bonchev–Trinajstić information content (AvgIpc) is 2.77. The first-order valence-corrected chi connectivity index (χ1v) is 8.58. The topological polar surface area (TPSA) is 101 Å². The quantitative estimate of drug-likeness (QED) is 0.327. The Hall–Kier alpha value is -2.06. The lowest BCUT2D eigenvalue weighted by molar-refractivity contribution is -0.305. The van der Waals surface area contributed by atoms with Crippen LogP contribution in [-0.4, -0.2) is 37.9 Å². The van der Waals surface area contributed by atoms with Gasteiger partial charge in [-0.15, -0.1) is 0 Å². The van der Waals surface area contributed by atoms with Gasteiger partial charge >= 0.3 is 0 Å². The van der Waals surface area contributed by atoms with Gasteiger partial charge in [-0.1, -0.05) is 36.5 Å². The summed E-state index contributed by atoms with van der Waals surface area (Å²) in [4.78, 5) is 24.7. The molecule has 0 aliphatic carbocycles. The number of phenols is 2. The van der Waals surface area contributed by atoms with Crippen LogP contribution < -0.4 is 5.11 Å². The molecular weight excluding hydrogens is 350 g/mol. The van der Waals surface area contributed by atoms with Gasteiger partial charge in [0.05, 0.1) is 4.91 Å². The number of amides is 1. The maximum atomic E-state index is 12.4. The van der Waals surface area contributed by atoms with Crippen molar-refractivity contribution in [2.45, 2.75) is 25.7 Å². The highest BCUT2D eigenvalue weighted by molar-refractivity contribution is 8.26. The number of carboxylic acids is 1. The number of unbranched alkanes of at least 4 members (excludes halogenated alkanes) is 2.